The number of rotatable bonds is 0. The van der Waals surface area contributed by atoms with Crippen LogP contribution in [0.5, 0.6) is 0 Å². The molecular weight excluding hydrogens is 146 g/mol. The first kappa shape index (κ1) is 7.17. The van der Waals surface area contributed by atoms with Crippen LogP contribution in [0.25, 0.3) is 11.8 Å². The van der Waals surface area contributed by atoms with Crippen molar-refractivity contribution in [1.82, 2.24) is 5.32 Å². The molecule has 0 unspecified atom stereocenters. The molecule has 0 aromatic heterocycles. The molecule has 1 nitrogen and oxygen atoms in total. The van der Waals surface area contributed by atoms with Crippen LogP contribution in [-0.4, -0.2) is 0 Å². The van der Waals surface area contributed by atoms with Gasteiger partial charge in [0.05, 0.1) is 0 Å². The third-order valence-electron chi connectivity index (χ3n) is 2.16. The van der Waals surface area contributed by atoms with E-state index in [0.717, 1.165) is 5.70 Å². The zero-order chi connectivity index (χ0) is 8.55. The van der Waals surface area contributed by atoms with Crippen LogP contribution >= 0.6 is 0 Å². The Balaban J connectivity index is 2.69. The Hall–Kier alpha value is -1.50. The minimum absolute atomic E-state index is 0.983. The van der Waals surface area contributed by atoms with Crippen molar-refractivity contribution in [3.05, 3.63) is 47.7 Å². The molecule has 0 radical (unpaired) electrons. The molecule has 1 aliphatic heterocycles. The molecule has 0 bridgehead atoms. The number of nitrogens with one attached hydrogen (secondary N) is 1. The highest BCUT2D eigenvalue weighted by Gasteiger charge is 2.07. The Morgan fingerprint density at radius 2 is 2.17 bits per heavy atom. The maximum atomic E-state index is 3.93. The maximum Gasteiger partial charge on any atom is 0.0386 e. The van der Waals surface area contributed by atoms with Crippen LogP contribution in [0.4, 0.5) is 0 Å². The molecule has 1 aliphatic rings. The summed E-state index contributed by atoms with van der Waals surface area (Å²) >= 11 is 0. The van der Waals surface area contributed by atoms with Crippen LogP contribution in [0.1, 0.15) is 16.7 Å². The second kappa shape index (κ2) is 2.52. The summed E-state index contributed by atoms with van der Waals surface area (Å²) in [6.45, 7) is 6.05. The van der Waals surface area contributed by atoms with E-state index in [9.17, 15) is 0 Å². The molecule has 1 aromatic rings. The van der Waals surface area contributed by atoms with Gasteiger partial charge >= 0.3 is 0 Å². The van der Waals surface area contributed by atoms with Crippen molar-refractivity contribution in [3.63, 3.8) is 0 Å². The van der Waals surface area contributed by atoms with E-state index in [1.165, 1.54) is 16.7 Å². The van der Waals surface area contributed by atoms with Gasteiger partial charge in [-0.3, -0.25) is 0 Å². The predicted octanol–water partition coefficient (Wildman–Crippen LogP) is 2.54. The predicted molar refractivity (Wildman–Crippen MR) is 52.4 cm³/mol. The van der Waals surface area contributed by atoms with Gasteiger partial charge in [-0.15, -0.1) is 0 Å². The molecule has 1 N–H and O–H groups in total. The fourth-order valence-electron chi connectivity index (χ4n) is 1.47. The van der Waals surface area contributed by atoms with E-state index < -0.39 is 0 Å². The summed E-state index contributed by atoms with van der Waals surface area (Å²) in [7, 11) is 0. The Kier molecular flexibility index (Phi) is 1.51. The van der Waals surface area contributed by atoms with Crippen molar-refractivity contribution in [2.24, 2.45) is 0 Å². The molecule has 12 heavy (non-hydrogen) atoms. The number of aryl methyl sites for hydroxylation is 1. The Morgan fingerprint density at radius 1 is 1.33 bits per heavy atom. The van der Waals surface area contributed by atoms with Crippen LogP contribution in [-0.2, 0) is 0 Å². The van der Waals surface area contributed by atoms with Gasteiger partial charge in [0.2, 0.25) is 0 Å². The minimum Gasteiger partial charge on any atom is -0.362 e. The number of fused-ring (bicyclic) bond motifs is 1. The molecule has 60 valence electrons. The summed E-state index contributed by atoms with van der Waals surface area (Å²) in [4.78, 5) is 0. The van der Waals surface area contributed by atoms with Gasteiger partial charge in [-0.05, 0) is 24.1 Å². The lowest BCUT2D eigenvalue weighted by Crippen LogP contribution is -2.08. The lowest BCUT2D eigenvalue weighted by atomic mass is 9.98. The average molecular weight is 157 g/mol. The second-order valence-corrected chi connectivity index (χ2v) is 2.99. The maximum absolute atomic E-state index is 3.93. The summed E-state index contributed by atoms with van der Waals surface area (Å²) in [5.41, 5.74) is 4.77. The molecule has 1 aromatic carbocycles. The fraction of sp³-hybridized carbons (Fsp3) is 0.0909. The molecule has 1 heterocycles. The average Bonchev–Trinajstić information content (AvgIpc) is 2.07. The highest BCUT2D eigenvalue weighted by atomic mass is 14.9. The van der Waals surface area contributed by atoms with Crippen molar-refractivity contribution >= 4 is 11.8 Å². The van der Waals surface area contributed by atoms with Crippen LogP contribution in [0.2, 0.25) is 0 Å². The van der Waals surface area contributed by atoms with Gasteiger partial charge in [-0.1, -0.05) is 24.8 Å². The SMILES string of the molecule is C=C1NC=Cc2c(C)cccc21. The molecular formula is C11H11N. The first-order valence-electron chi connectivity index (χ1n) is 4.01. The third-order valence-corrected chi connectivity index (χ3v) is 2.16. The van der Waals surface area contributed by atoms with Crippen molar-refractivity contribution in [3.8, 4) is 0 Å². The van der Waals surface area contributed by atoms with Gasteiger partial charge in [0, 0.05) is 17.5 Å². The first-order valence-corrected chi connectivity index (χ1v) is 4.01. The monoisotopic (exact) mass is 157 g/mol. The van der Waals surface area contributed by atoms with Crippen molar-refractivity contribution in [2.75, 3.05) is 0 Å². The van der Waals surface area contributed by atoms with E-state index in [1.54, 1.807) is 0 Å². The normalized spacial score (nSPS) is 13.9. The van der Waals surface area contributed by atoms with Crippen LogP contribution < -0.4 is 5.32 Å². The summed E-state index contributed by atoms with van der Waals surface area (Å²) in [6, 6.07) is 6.25. The molecule has 0 saturated heterocycles. The molecule has 0 fully saturated rings. The molecule has 0 aliphatic carbocycles. The Bertz CT molecular complexity index is 361. The van der Waals surface area contributed by atoms with E-state index >= 15 is 0 Å². The van der Waals surface area contributed by atoms with E-state index in [-0.39, 0.29) is 0 Å². The van der Waals surface area contributed by atoms with Crippen molar-refractivity contribution in [2.45, 2.75) is 6.92 Å². The lowest BCUT2D eigenvalue weighted by molar-refractivity contribution is 1.20. The van der Waals surface area contributed by atoms with Crippen molar-refractivity contribution in [1.29, 1.82) is 0 Å². The molecule has 0 saturated carbocycles. The van der Waals surface area contributed by atoms with Gasteiger partial charge < -0.3 is 5.32 Å². The molecule has 0 amide bonds. The zero-order valence-electron chi connectivity index (χ0n) is 7.09. The zero-order valence-corrected chi connectivity index (χ0v) is 7.09. The van der Waals surface area contributed by atoms with E-state index in [2.05, 4.69) is 43.1 Å². The lowest BCUT2D eigenvalue weighted by Gasteiger charge is -2.15. The van der Waals surface area contributed by atoms with Gasteiger partial charge in [0.25, 0.3) is 0 Å². The third kappa shape index (κ3) is 0.944. The molecule has 2 rings (SSSR count). The van der Waals surface area contributed by atoms with Gasteiger partial charge in [-0.25, -0.2) is 0 Å². The smallest absolute Gasteiger partial charge is 0.0386 e. The topological polar surface area (TPSA) is 12.0 Å². The minimum atomic E-state index is 0.983. The standard InChI is InChI=1S/C11H11N/c1-8-4-3-5-11-9(2)12-7-6-10(8)11/h3-7,12H,2H2,1H3. The highest BCUT2D eigenvalue weighted by Crippen LogP contribution is 2.23. The summed E-state index contributed by atoms with van der Waals surface area (Å²) in [5.74, 6) is 0. The quantitative estimate of drug-likeness (QED) is 0.610. The molecule has 0 spiro atoms. The van der Waals surface area contributed by atoms with Crippen molar-refractivity contribution < 1.29 is 0 Å². The second-order valence-electron chi connectivity index (χ2n) is 2.99. The number of benzene rings is 1. The largest absolute Gasteiger partial charge is 0.362 e. The number of hydrogen-bond donors (Lipinski definition) is 1. The fourth-order valence-corrected chi connectivity index (χ4v) is 1.47. The van der Waals surface area contributed by atoms with Gasteiger partial charge in [0.15, 0.2) is 0 Å². The van der Waals surface area contributed by atoms with Gasteiger partial charge in [0.1, 0.15) is 0 Å². The summed E-state index contributed by atoms with van der Waals surface area (Å²) in [5, 5.41) is 3.09. The highest BCUT2D eigenvalue weighted by molar-refractivity contribution is 5.77. The van der Waals surface area contributed by atoms with Crippen LogP contribution in [0.15, 0.2) is 31.0 Å². The van der Waals surface area contributed by atoms with E-state index in [0.29, 0.717) is 0 Å². The molecule has 1 heteroatoms. The van der Waals surface area contributed by atoms with Crippen LogP contribution in [0.3, 0.4) is 0 Å². The summed E-state index contributed by atoms with van der Waals surface area (Å²) in [6.07, 6.45) is 4.01. The Labute approximate surface area is 72.4 Å². The van der Waals surface area contributed by atoms with Gasteiger partial charge in [-0.2, -0.15) is 0 Å². The van der Waals surface area contributed by atoms with E-state index in [4.69, 9.17) is 0 Å². The summed E-state index contributed by atoms with van der Waals surface area (Å²) < 4.78 is 0. The Morgan fingerprint density at radius 3 is 2.92 bits per heavy atom. The van der Waals surface area contributed by atoms with E-state index in [1.807, 2.05) is 6.20 Å². The number of hydrogen-bond acceptors (Lipinski definition) is 1. The molecule has 0 atom stereocenters. The first-order chi connectivity index (χ1) is 5.79. The van der Waals surface area contributed by atoms with Crippen LogP contribution in [0, 0.1) is 6.92 Å².